The first-order valence-corrected chi connectivity index (χ1v) is 7.77. The van der Waals surface area contributed by atoms with Gasteiger partial charge in [-0.15, -0.1) is 0 Å². The highest BCUT2D eigenvalue weighted by molar-refractivity contribution is 9.10. The Hall–Kier alpha value is -0.890. The molecule has 1 aromatic rings. The summed E-state index contributed by atoms with van der Waals surface area (Å²) in [6, 6.07) is 5.06. The highest BCUT2D eigenvalue weighted by Crippen LogP contribution is 2.33. The molecule has 106 valence electrons. The van der Waals surface area contributed by atoms with Crippen molar-refractivity contribution in [3.05, 3.63) is 33.1 Å². The lowest BCUT2D eigenvalue weighted by molar-refractivity contribution is -0.122. The zero-order valence-electron chi connectivity index (χ0n) is 10.6. The van der Waals surface area contributed by atoms with Gasteiger partial charge < -0.3 is 9.84 Å². The number of halogens is 1. The van der Waals surface area contributed by atoms with Crippen LogP contribution in [0.4, 0.5) is 0 Å². The molecule has 0 atom stereocenters. The summed E-state index contributed by atoms with van der Waals surface area (Å²) < 4.78 is 6.09. The summed E-state index contributed by atoms with van der Waals surface area (Å²) in [7, 11) is 1.58. The number of benzene rings is 1. The van der Waals surface area contributed by atoms with E-state index in [1.54, 1.807) is 31.4 Å². The molecule has 2 rings (SSSR count). The Labute approximate surface area is 134 Å². The minimum absolute atomic E-state index is 0.110. The van der Waals surface area contributed by atoms with Crippen LogP contribution in [0, 0.1) is 0 Å². The monoisotopic (exact) mass is 373 g/mol. The largest absolute Gasteiger partial charge is 0.507 e. The molecule has 0 aliphatic carbocycles. The Morgan fingerprint density at radius 1 is 1.55 bits per heavy atom. The maximum Gasteiger partial charge on any atom is 0.266 e. The van der Waals surface area contributed by atoms with E-state index in [0.717, 1.165) is 5.56 Å². The van der Waals surface area contributed by atoms with Gasteiger partial charge in [-0.1, -0.05) is 30.0 Å². The number of rotatable bonds is 4. The number of carbonyl (C=O) groups excluding carboxylic acids is 1. The minimum Gasteiger partial charge on any atom is -0.507 e. The summed E-state index contributed by atoms with van der Waals surface area (Å²) in [5.74, 6) is 0.0519. The van der Waals surface area contributed by atoms with Gasteiger partial charge >= 0.3 is 0 Å². The van der Waals surface area contributed by atoms with Crippen LogP contribution in [0.25, 0.3) is 6.08 Å². The lowest BCUT2D eigenvalue weighted by Gasteiger charge is -2.12. The predicted molar refractivity (Wildman–Crippen MR) is 87.6 cm³/mol. The van der Waals surface area contributed by atoms with Crippen molar-refractivity contribution in [1.29, 1.82) is 0 Å². The second kappa shape index (κ2) is 6.71. The van der Waals surface area contributed by atoms with Gasteiger partial charge in [-0.25, -0.2) is 0 Å². The molecule has 0 bridgehead atoms. The van der Waals surface area contributed by atoms with Crippen molar-refractivity contribution >= 4 is 56.2 Å². The fourth-order valence-corrected chi connectivity index (χ4v) is 3.34. The van der Waals surface area contributed by atoms with Gasteiger partial charge in [0.15, 0.2) is 0 Å². The first-order valence-electron chi connectivity index (χ1n) is 5.75. The average Bonchev–Trinajstić information content (AvgIpc) is 2.67. The molecule has 1 saturated heterocycles. The van der Waals surface area contributed by atoms with E-state index in [0.29, 0.717) is 26.9 Å². The number of thioether (sulfide) groups is 1. The molecule has 4 nitrogen and oxygen atoms in total. The van der Waals surface area contributed by atoms with Crippen molar-refractivity contribution in [1.82, 2.24) is 4.90 Å². The molecule has 1 amide bonds. The van der Waals surface area contributed by atoms with E-state index < -0.39 is 0 Å². The quantitative estimate of drug-likeness (QED) is 0.649. The van der Waals surface area contributed by atoms with E-state index in [1.807, 2.05) is 0 Å². The summed E-state index contributed by atoms with van der Waals surface area (Å²) in [4.78, 5) is 14.3. The Morgan fingerprint density at radius 2 is 2.30 bits per heavy atom. The Bertz CT molecular complexity index is 589. The normalized spacial score (nSPS) is 17.3. The first-order chi connectivity index (χ1) is 9.52. The van der Waals surface area contributed by atoms with Crippen LogP contribution in [0.3, 0.4) is 0 Å². The van der Waals surface area contributed by atoms with Crippen LogP contribution in [0.15, 0.2) is 27.6 Å². The molecule has 1 aliphatic heterocycles. The van der Waals surface area contributed by atoms with Gasteiger partial charge in [0.05, 0.1) is 22.5 Å². The predicted octanol–water partition coefficient (Wildman–Crippen LogP) is 3.00. The maximum absolute atomic E-state index is 12.2. The second-order valence-electron chi connectivity index (χ2n) is 4.04. The molecule has 0 unspecified atom stereocenters. The van der Waals surface area contributed by atoms with Gasteiger partial charge in [-0.2, -0.15) is 0 Å². The van der Waals surface area contributed by atoms with Gasteiger partial charge in [-0.3, -0.25) is 9.69 Å². The topological polar surface area (TPSA) is 49.8 Å². The summed E-state index contributed by atoms with van der Waals surface area (Å²) >= 11 is 9.71. The fraction of sp³-hybridized carbons (Fsp3) is 0.231. The fourth-order valence-electron chi connectivity index (χ4n) is 1.64. The van der Waals surface area contributed by atoms with E-state index in [4.69, 9.17) is 17.0 Å². The van der Waals surface area contributed by atoms with Gasteiger partial charge in [-0.05, 0) is 39.7 Å². The summed E-state index contributed by atoms with van der Waals surface area (Å²) in [6.45, 7) is 0.905. The lowest BCUT2D eigenvalue weighted by atomic mass is 10.2. The molecule has 1 aliphatic rings. The summed E-state index contributed by atoms with van der Waals surface area (Å²) in [6.07, 6.45) is 1.76. The number of aromatic hydroxyl groups is 1. The zero-order chi connectivity index (χ0) is 14.7. The number of methoxy groups -OCH3 is 1. The number of phenolic OH excluding ortho intramolecular Hbond substituents is 1. The molecule has 1 heterocycles. The lowest BCUT2D eigenvalue weighted by Crippen LogP contribution is -2.31. The van der Waals surface area contributed by atoms with Crippen LogP contribution in [-0.4, -0.2) is 40.5 Å². The zero-order valence-corrected chi connectivity index (χ0v) is 13.8. The number of hydrogen-bond donors (Lipinski definition) is 1. The smallest absolute Gasteiger partial charge is 0.266 e. The summed E-state index contributed by atoms with van der Waals surface area (Å²) in [5.41, 5.74) is 0.821. The SMILES string of the molecule is COCCN1C(=O)C(=Cc2ccc(O)c(Br)c2)SC1=S. The van der Waals surface area contributed by atoms with Crippen LogP contribution < -0.4 is 0 Å². The van der Waals surface area contributed by atoms with Crippen molar-refractivity contribution < 1.29 is 14.6 Å². The van der Waals surface area contributed by atoms with Crippen LogP contribution in [0.5, 0.6) is 5.75 Å². The van der Waals surface area contributed by atoms with Gasteiger partial charge in [0, 0.05) is 7.11 Å². The highest BCUT2D eigenvalue weighted by Gasteiger charge is 2.31. The van der Waals surface area contributed by atoms with Crippen LogP contribution >= 0.6 is 39.9 Å². The van der Waals surface area contributed by atoms with Gasteiger partial charge in [0.25, 0.3) is 5.91 Å². The van der Waals surface area contributed by atoms with Crippen molar-refractivity contribution in [2.45, 2.75) is 0 Å². The van der Waals surface area contributed by atoms with E-state index in [-0.39, 0.29) is 11.7 Å². The van der Waals surface area contributed by atoms with E-state index in [9.17, 15) is 9.90 Å². The molecule has 7 heteroatoms. The molecule has 1 fully saturated rings. The Morgan fingerprint density at radius 3 is 2.95 bits per heavy atom. The number of amides is 1. The molecule has 0 aromatic heterocycles. The number of hydrogen-bond acceptors (Lipinski definition) is 5. The molecule has 0 saturated carbocycles. The molecule has 1 aromatic carbocycles. The Kier molecular flexibility index (Phi) is 5.20. The van der Waals surface area contributed by atoms with Gasteiger partial charge in [0.1, 0.15) is 10.1 Å². The molecular weight excluding hydrogens is 362 g/mol. The third kappa shape index (κ3) is 3.41. The molecular formula is C13H12BrNO3S2. The van der Waals surface area contributed by atoms with Crippen molar-refractivity contribution in [3.8, 4) is 5.75 Å². The van der Waals surface area contributed by atoms with Crippen molar-refractivity contribution in [3.63, 3.8) is 0 Å². The number of phenols is 1. The van der Waals surface area contributed by atoms with Crippen molar-refractivity contribution in [2.75, 3.05) is 20.3 Å². The molecule has 0 spiro atoms. The highest BCUT2D eigenvalue weighted by atomic mass is 79.9. The third-order valence-electron chi connectivity index (χ3n) is 2.66. The third-order valence-corrected chi connectivity index (χ3v) is 4.68. The first kappa shape index (κ1) is 15.5. The number of nitrogens with zero attached hydrogens (tertiary/aromatic N) is 1. The van der Waals surface area contributed by atoms with Gasteiger partial charge in [0.2, 0.25) is 0 Å². The molecule has 1 N–H and O–H groups in total. The molecule has 20 heavy (non-hydrogen) atoms. The van der Waals surface area contributed by atoms with Crippen molar-refractivity contribution in [2.24, 2.45) is 0 Å². The maximum atomic E-state index is 12.2. The minimum atomic E-state index is -0.110. The number of ether oxygens (including phenoxy) is 1. The summed E-state index contributed by atoms with van der Waals surface area (Å²) in [5, 5.41) is 9.46. The Balaban J connectivity index is 2.20. The van der Waals surface area contributed by atoms with E-state index in [1.165, 1.54) is 16.7 Å². The molecule has 0 radical (unpaired) electrons. The van der Waals surface area contributed by atoms with E-state index in [2.05, 4.69) is 15.9 Å². The average molecular weight is 374 g/mol. The number of carbonyl (C=O) groups is 1. The number of thiocarbonyl (C=S) groups is 1. The van der Waals surface area contributed by atoms with Crippen LogP contribution in [-0.2, 0) is 9.53 Å². The van der Waals surface area contributed by atoms with E-state index >= 15 is 0 Å². The van der Waals surface area contributed by atoms with Crippen LogP contribution in [0.1, 0.15) is 5.56 Å². The second-order valence-corrected chi connectivity index (χ2v) is 6.57. The van der Waals surface area contributed by atoms with Crippen LogP contribution in [0.2, 0.25) is 0 Å². The standard InChI is InChI=1S/C13H12BrNO3S2/c1-18-5-4-15-12(17)11(20-13(15)19)7-8-2-3-10(16)9(14)6-8/h2-3,6-7,16H,4-5H2,1H3.